The smallest absolute Gasteiger partial charge is 0.871 e. The molecule has 14 nitrogen and oxygen atoms in total. The van der Waals surface area contributed by atoms with E-state index in [2.05, 4.69) is 20.5 Å². The fourth-order valence-electron chi connectivity index (χ4n) is 5.78. The molecule has 0 aliphatic carbocycles. The van der Waals surface area contributed by atoms with E-state index >= 15 is 0 Å². The van der Waals surface area contributed by atoms with Crippen molar-refractivity contribution in [3.8, 4) is 28.7 Å². The van der Waals surface area contributed by atoms with Crippen LogP contribution in [0.1, 0.15) is 0 Å². The Morgan fingerprint density at radius 2 is 1.16 bits per heavy atom. The third-order valence-corrected chi connectivity index (χ3v) is 10.8. The molecule has 57 heavy (non-hydrogen) atoms. The molecule has 0 saturated carbocycles. The summed E-state index contributed by atoms with van der Waals surface area (Å²) < 4.78 is 64.5. The van der Waals surface area contributed by atoms with Crippen LogP contribution in [0.5, 0.6) is 28.7 Å². The van der Waals surface area contributed by atoms with Crippen LogP contribution in [0.3, 0.4) is 0 Å². The topological polar surface area (TPSA) is 242 Å². The average molecular weight is 878 g/mol. The predicted molar refractivity (Wildman–Crippen MR) is 190 cm³/mol. The molecule has 0 spiro atoms. The number of halogens is 1. The van der Waals surface area contributed by atoms with Crippen molar-refractivity contribution in [2.75, 3.05) is 5.94 Å². The van der Waals surface area contributed by atoms with E-state index < -0.39 is 48.0 Å². The fraction of sp³-hybridized carbons (Fsp3) is 0.0270. The summed E-state index contributed by atoms with van der Waals surface area (Å²) in [5.41, 5.74) is -0.553. The van der Waals surface area contributed by atoms with E-state index in [0.29, 0.717) is 10.8 Å². The molecule has 0 unspecified atom stereocenters. The van der Waals surface area contributed by atoms with Crippen molar-refractivity contribution in [3.63, 3.8) is 0 Å². The maximum absolute atomic E-state index is 12.8. The number of hydrogen-bond donors (Lipinski definition) is 0. The second-order valence-electron chi connectivity index (χ2n) is 11.6. The zero-order chi connectivity index (χ0) is 38.4. The SMILES string of the molecule is O=S(=O)([O-])c1cc([O-])c(N=Nc2c([O-])ccc3ccccc23)c2ccccc12.O=S1(=O)COc2c1c(N=Nc1cc(Cl)ccc1[O-])c([O-])c1ccccc21.[Cr+3].[Na+].[Na+]. The van der Waals surface area contributed by atoms with Gasteiger partial charge in [-0.05, 0) is 29.0 Å². The molecule has 275 valence electrons. The number of benzene rings is 7. The van der Waals surface area contributed by atoms with Gasteiger partial charge < -0.3 is 29.7 Å². The van der Waals surface area contributed by atoms with E-state index in [4.69, 9.17) is 16.3 Å². The molecule has 1 aliphatic heterocycles. The Balaban J connectivity index is 0.000000241. The molecule has 0 saturated heterocycles. The Hall–Kier alpha value is -3.80. The summed E-state index contributed by atoms with van der Waals surface area (Å²) in [5, 5.41) is 67.3. The number of azo groups is 2. The van der Waals surface area contributed by atoms with Gasteiger partial charge in [0.15, 0.2) is 5.94 Å². The standard InChI is InChI=1S/C20H14N2O5S.C17H11ClN2O5S.Cr.2Na/c23-16-10-9-12-5-1-2-6-13(12)19(16)21-22-20-15-8-4-3-7-14(15)18(11-17(20)24)28(25,26)27;18-9-5-6-13(21)12(7-9)19-20-14-15(22)10-3-1-2-4-11(10)16-17(14)26(23,24)8-25-16;;;/h1-11,23-24H,(H,25,26,27);1-7,21-22H,8H2;;;/q;;+3;2*+1/p-5. The van der Waals surface area contributed by atoms with Crippen LogP contribution < -0.4 is 84.3 Å². The zero-order valence-electron chi connectivity index (χ0n) is 29.6. The monoisotopic (exact) mass is 877 g/mol. The molecular formula is C37H20ClCrN4Na2O10S2. The molecule has 0 fully saturated rings. The molecule has 0 N–H and O–H groups in total. The first kappa shape index (κ1) is 45.9. The molecule has 1 heterocycles. The Bertz CT molecular complexity index is 2980. The van der Waals surface area contributed by atoms with E-state index in [-0.39, 0.29) is 137 Å². The van der Waals surface area contributed by atoms with E-state index in [1.54, 1.807) is 54.6 Å². The van der Waals surface area contributed by atoms with Gasteiger partial charge in [-0.3, -0.25) is 0 Å². The molecule has 1 aliphatic rings. The van der Waals surface area contributed by atoms with Crippen LogP contribution in [0.25, 0.3) is 32.3 Å². The van der Waals surface area contributed by atoms with Crippen LogP contribution in [0, 0.1) is 0 Å². The van der Waals surface area contributed by atoms with Gasteiger partial charge in [0.05, 0.1) is 22.0 Å². The van der Waals surface area contributed by atoms with Crippen molar-refractivity contribution in [2.24, 2.45) is 20.5 Å². The van der Waals surface area contributed by atoms with Gasteiger partial charge >= 0.3 is 76.5 Å². The third kappa shape index (κ3) is 9.26. The normalized spacial score (nSPS) is 12.9. The number of sulfone groups is 1. The largest absolute Gasteiger partial charge is 3.00 e. The Kier molecular flexibility index (Phi) is 14.8. The number of ether oxygens (including phenoxy) is 1. The minimum absolute atomic E-state index is 0. The molecule has 7 aromatic rings. The van der Waals surface area contributed by atoms with Crippen molar-refractivity contribution in [2.45, 2.75) is 9.79 Å². The summed E-state index contributed by atoms with van der Waals surface area (Å²) in [6, 6.07) is 27.2. The third-order valence-electron chi connectivity index (χ3n) is 8.23. The summed E-state index contributed by atoms with van der Waals surface area (Å²) in [4.78, 5) is -0.916. The second-order valence-corrected chi connectivity index (χ2v) is 15.3. The Morgan fingerprint density at radius 1 is 0.614 bits per heavy atom. The van der Waals surface area contributed by atoms with Gasteiger partial charge in [-0.15, -0.1) is 5.11 Å². The van der Waals surface area contributed by atoms with Gasteiger partial charge in [0, 0.05) is 26.6 Å². The maximum atomic E-state index is 12.8. The first-order valence-corrected chi connectivity index (χ1v) is 19.0. The molecule has 20 heteroatoms. The summed E-state index contributed by atoms with van der Waals surface area (Å²) in [5.74, 6) is -2.71. The number of fused-ring (bicyclic) bond motifs is 5. The first-order valence-electron chi connectivity index (χ1n) is 15.5. The first-order chi connectivity index (χ1) is 25.7. The molecule has 0 amide bonds. The van der Waals surface area contributed by atoms with E-state index in [0.717, 1.165) is 11.5 Å². The Labute approximate surface area is 384 Å². The zero-order valence-corrected chi connectivity index (χ0v) is 37.2. The van der Waals surface area contributed by atoms with Gasteiger partial charge in [-0.25, -0.2) is 16.8 Å². The minimum atomic E-state index is -4.84. The molecule has 7 aromatic carbocycles. The molecule has 1 radical (unpaired) electrons. The molecule has 0 aromatic heterocycles. The molecule has 8 rings (SSSR count). The van der Waals surface area contributed by atoms with E-state index in [1.165, 1.54) is 36.4 Å². The molecule has 0 bridgehead atoms. The van der Waals surface area contributed by atoms with Crippen LogP contribution >= 0.6 is 11.6 Å². The van der Waals surface area contributed by atoms with Gasteiger partial charge in [0.2, 0.25) is 9.84 Å². The summed E-state index contributed by atoms with van der Waals surface area (Å²) in [7, 11) is -8.70. The quantitative estimate of drug-likeness (QED) is 0.133. The van der Waals surface area contributed by atoms with Gasteiger partial charge in [-0.2, -0.15) is 15.3 Å². The number of hydrogen-bond acceptors (Lipinski definition) is 14. The summed E-state index contributed by atoms with van der Waals surface area (Å²) >= 11 is 5.83. The van der Waals surface area contributed by atoms with Crippen molar-refractivity contribution >= 4 is 86.6 Å². The van der Waals surface area contributed by atoms with Gasteiger partial charge in [-0.1, -0.05) is 126 Å². The van der Waals surface area contributed by atoms with Gasteiger partial charge in [0.25, 0.3) is 0 Å². The molecular weight excluding hydrogens is 858 g/mol. The van der Waals surface area contributed by atoms with Crippen LogP contribution in [0.4, 0.5) is 22.7 Å². The van der Waals surface area contributed by atoms with E-state index in [1.807, 2.05) is 12.1 Å². The van der Waals surface area contributed by atoms with Crippen LogP contribution in [0.2, 0.25) is 5.02 Å². The van der Waals surface area contributed by atoms with Crippen LogP contribution in [-0.4, -0.2) is 27.3 Å². The average Bonchev–Trinajstić information content (AvgIpc) is 3.47. The predicted octanol–water partition coefficient (Wildman–Crippen LogP) is 0.645. The number of rotatable bonds is 5. The van der Waals surface area contributed by atoms with Crippen molar-refractivity contribution in [3.05, 3.63) is 114 Å². The van der Waals surface area contributed by atoms with Crippen molar-refractivity contribution < 1.29 is 123 Å². The summed E-state index contributed by atoms with van der Waals surface area (Å²) in [6.45, 7) is 0. The second kappa shape index (κ2) is 18.4. The Morgan fingerprint density at radius 3 is 1.82 bits per heavy atom. The fourth-order valence-corrected chi connectivity index (χ4v) is 7.92. The summed E-state index contributed by atoms with van der Waals surface area (Å²) in [6.07, 6.45) is 0. The van der Waals surface area contributed by atoms with E-state index in [9.17, 15) is 41.8 Å². The van der Waals surface area contributed by atoms with Gasteiger partial charge in [0.1, 0.15) is 26.5 Å². The van der Waals surface area contributed by atoms with Crippen LogP contribution in [-0.2, 0) is 37.3 Å². The van der Waals surface area contributed by atoms with Crippen LogP contribution in [0.15, 0.2) is 139 Å². The number of nitrogens with zero attached hydrogens (tertiary/aromatic N) is 4. The molecule has 0 atom stereocenters. The maximum Gasteiger partial charge on any atom is 3.00 e. The van der Waals surface area contributed by atoms with Crippen molar-refractivity contribution in [1.29, 1.82) is 0 Å². The van der Waals surface area contributed by atoms with Crippen molar-refractivity contribution in [1.82, 2.24) is 0 Å². The minimum Gasteiger partial charge on any atom is -0.871 e.